The molecule has 0 aliphatic rings. The second-order valence-electron chi connectivity index (χ2n) is 2.73. The van der Waals surface area contributed by atoms with Crippen LogP contribution >= 0.6 is 0 Å². The number of hydrogen-bond acceptors (Lipinski definition) is 3. The first-order valence-electron chi connectivity index (χ1n) is 3.84. The largest absolute Gasteiger partial charge is 0.367 e. The fourth-order valence-electron chi connectivity index (χ4n) is 1.13. The lowest BCUT2D eigenvalue weighted by molar-refractivity contribution is 0.436. The van der Waals surface area contributed by atoms with Gasteiger partial charge in [0.05, 0.1) is 11.8 Å². The van der Waals surface area contributed by atoms with E-state index in [4.69, 9.17) is 5.73 Å². The van der Waals surface area contributed by atoms with Crippen molar-refractivity contribution in [3.05, 3.63) is 36.0 Å². The van der Waals surface area contributed by atoms with E-state index in [0.29, 0.717) is 11.1 Å². The first-order valence-corrected chi connectivity index (χ1v) is 3.84. The molecule has 2 aromatic rings. The summed E-state index contributed by atoms with van der Waals surface area (Å²) in [6.07, 6.45) is 1.35. The van der Waals surface area contributed by atoms with Crippen LogP contribution in [0.25, 0.3) is 11.1 Å². The van der Waals surface area contributed by atoms with E-state index in [1.807, 2.05) is 0 Å². The average molecular weight is 196 g/mol. The van der Waals surface area contributed by atoms with Crippen molar-refractivity contribution in [2.45, 2.75) is 0 Å². The number of halogens is 2. The number of aromatic nitrogens is 1. The minimum Gasteiger partial charge on any atom is -0.367 e. The summed E-state index contributed by atoms with van der Waals surface area (Å²) in [6.45, 7) is 0. The molecule has 0 spiro atoms. The molecular formula is C9H6F2N2O. The molecule has 0 aliphatic heterocycles. The van der Waals surface area contributed by atoms with Crippen LogP contribution in [0.3, 0.4) is 0 Å². The molecule has 5 heteroatoms. The zero-order valence-electron chi connectivity index (χ0n) is 7.00. The summed E-state index contributed by atoms with van der Waals surface area (Å²) in [6, 6.07) is 3.47. The third kappa shape index (κ3) is 1.32. The zero-order valence-corrected chi connectivity index (χ0v) is 7.00. The van der Waals surface area contributed by atoms with Crippen molar-refractivity contribution in [1.82, 2.24) is 5.16 Å². The maximum Gasteiger partial charge on any atom is 0.229 e. The van der Waals surface area contributed by atoms with Crippen molar-refractivity contribution >= 4 is 5.88 Å². The molecule has 1 aromatic carbocycles. The minimum absolute atomic E-state index is 0.0796. The van der Waals surface area contributed by atoms with Crippen molar-refractivity contribution < 1.29 is 13.3 Å². The Kier molecular flexibility index (Phi) is 1.92. The van der Waals surface area contributed by atoms with E-state index < -0.39 is 11.6 Å². The molecule has 0 saturated heterocycles. The predicted octanol–water partition coefficient (Wildman–Crippen LogP) is 2.20. The average Bonchev–Trinajstić information content (AvgIpc) is 2.57. The number of benzene rings is 1. The highest BCUT2D eigenvalue weighted by Crippen LogP contribution is 2.26. The van der Waals surface area contributed by atoms with Gasteiger partial charge in [0, 0.05) is 0 Å². The number of hydrogen-bond donors (Lipinski definition) is 1. The Balaban J connectivity index is 2.53. The molecule has 3 nitrogen and oxygen atoms in total. The number of anilines is 1. The van der Waals surface area contributed by atoms with Gasteiger partial charge in [0.25, 0.3) is 0 Å². The molecule has 0 radical (unpaired) electrons. The highest BCUT2D eigenvalue weighted by molar-refractivity contribution is 5.71. The highest BCUT2D eigenvalue weighted by Gasteiger charge is 2.09. The second-order valence-corrected chi connectivity index (χ2v) is 2.73. The van der Waals surface area contributed by atoms with Gasteiger partial charge in [0.15, 0.2) is 11.6 Å². The Morgan fingerprint density at radius 1 is 1.21 bits per heavy atom. The van der Waals surface area contributed by atoms with Crippen LogP contribution in [0.1, 0.15) is 0 Å². The van der Waals surface area contributed by atoms with Crippen molar-refractivity contribution in [3.63, 3.8) is 0 Å². The molecule has 0 fully saturated rings. The third-order valence-electron chi connectivity index (χ3n) is 1.83. The van der Waals surface area contributed by atoms with Crippen molar-refractivity contribution in [2.24, 2.45) is 0 Å². The van der Waals surface area contributed by atoms with E-state index in [-0.39, 0.29) is 5.88 Å². The Hall–Kier alpha value is -1.91. The summed E-state index contributed by atoms with van der Waals surface area (Å²) in [5, 5.41) is 3.43. The van der Waals surface area contributed by atoms with Crippen LogP contribution < -0.4 is 5.73 Å². The van der Waals surface area contributed by atoms with Gasteiger partial charge in [-0.1, -0.05) is 11.2 Å². The number of nitrogens with zero attached hydrogens (tertiary/aromatic N) is 1. The minimum atomic E-state index is -0.928. The van der Waals surface area contributed by atoms with Gasteiger partial charge >= 0.3 is 0 Å². The predicted molar refractivity (Wildman–Crippen MR) is 46.3 cm³/mol. The van der Waals surface area contributed by atoms with Crippen LogP contribution in [0.4, 0.5) is 14.7 Å². The van der Waals surface area contributed by atoms with Gasteiger partial charge in [-0.25, -0.2) is 8.78 Å². The van der Waals surface area contributed by atoms with Gasteiger partial charge in [0.1, 0.15) is 0 Å². The van der Waals surface area contributed by atoms with E-state index in [0.717, 1.165) is 12.1 Å². The van der Waals surface area contributed by atoms with Gasteiger partial charge in [-0.3, -0.25) is 0 Å². The van der Waals surface area contributed by atoms with Gasteiger partial charge in [0.2, 0.25) is 5.88 Å². The normalized spacial score (nSPS) is 10.4. The van der Waals surface area contributed by atoms with Crippen LogP contribution in [-0.2, 0) is 0 Å². The summed E-state index contributed by atoms with van der Waals surface area (Å²) in [5.41, 5.74) is 6.30. The monoisotopic (exact) mass is 196 g/mol. The number of nitrogens with two attached hydrogens (primary N) is 1. The molecule has 0 saturated carbocycles. The standard InChI is InChI=1S/C9H6F2N2O/c10-7-2-1-5(3-8(7)11)6-4-13-14-9(6)12/h1-4H,12H2. The molecule has 0 atom stereocenters. The van der Waals surface area contributed by atoms with E-state index >= 15 is 0 Å². The summed E-state index contributed by atoms with van der Waals surface area (Å²) in [4.78, 5) is 0. The molecule has 72 valence electrons. The quantitative estimate of drug-likeness (QED) is 0.760. The molecule has 2 N–H and O–H groups in total. The van der Waals surface area contributed by atoms with E-state index in [1.54, 1.807) is 0 Å². The van der Waals surface area contributed by atoms with Gasteiger partial charge in [-0.15, -0.1) is 0 Å². The molecule has 0 unspecified atom stereocenters. The second kappa shape index (κ2) is 3.10. The Morgan fingerprint density at radius 2 is 2.00 bits per heavy atom. The summed E-state index contributed by atoms with van der Waals surface area (Å²) in [5.74, 6) is -1.75. The molecule has 0 aliphatic carbocycles. The fraction of sp³-hybridized carbons (Fsp3) is 0. The maximum absolute atomic E-state index is 12.8. The molecule has 1 heterocycles. The molecule has 0 bridgehead atoms. The Labute approximate surface area is 78.1 Å². The van der Waals surface area contributed by atoms with Crippen molar-refractivity contribution in [2.75, 3.05) is 5.73 Å². The molecule has 1 aromatic heterocycles. The smallest absolute Gasteiger partial charge is 0.229 e. The highest BCUT2D eigenvalue weighted by atomic mass is 19.2. The fourth-order valence-corrected chi connectivity index (χ4v) is 1.13. The van der Waals surface area contributed by atoms with E-state index in [1.165, 1.54) is 12.3 Å². The van der Waals surface area contributed by atoms with Crippen LogP contribution in [0.5, 0.6) is 0 Å². The Bertz CT molecular complexity index is 468. The van der Waals surface area contributed by atoms with Crippen LogP contribution in [-0.4, -0.2) is 5.16 Å². The summed E-state index contributed by atoms with van der Waals surface area (Å²) < 4.78 is 30.0. The van der Waals surface area contributed by atoms with E-state index in [9.17, 15) is 8.78 Å². The number of rotatable bonds is 1. The molecule has 14 heavy (non-hydrogen) atoms. The SMILES string of the molecule is Nc1oncc1-c1ccc(F)c(F)c1. The molecule has 0 amide bonds. The van der Waals surface area contributed by atoms with Crippen LogP contribution in [0.15, 0.2) is 28.9 Å². The Morgan fingerprint density at radius 3 is 2.57 bits per heavy atom. The third-order valence-corrected chi connectivity index (χ3v) is 1.83. The van der Waals surface area contributed by atoms with E-state index in [2.05, 4.69) is 9.68 Å². The van der Waals surface area contributed by atoms with Crippen molar-refractivity contribution in [1.29, 1.82) is 0 Å². The molecule has 2 rings (SSSR count). The van der Waals surface area contributed by atoms with Gasteiger partial charge < -0.3 is 10.3 Å². The summed E-state index contributed by atoms with van der Waals surface area (Å²) >= 11 is 0. The topological polar surface area (TPSA) is 52.0 Å². The first kappa shape index (κ1) is 8.68. The lowest BCUT2D eigenvalue weighted by Gasteiger charge is -1.98. The zero-order chi connectivity index (χ0) is 10.1. The van der Waals surface area contributed by atoms with Gasteiger partial charge in [-0.05, 0) is 17.7 Å². The number of nitrogen functional groups attached to an aromatic ring is 1. The maximum atomic E-state index is 12.8. The first-order chi connectivity index (χ1) is 6.68. The van der Waals surface area contributed by atoms with Crippen molar-refractivity contribution in [3.8, 4) is 11.1 Å². The van der Waals surface area contributed by atoms with Crippen LogP contribution in [0, 0.1) is 11.6 Å². The van der Waals surface area contributed by atoms with Crippen LogP contribution in [0.2, 0.25) is 0 Å². The lowest BCUT2D eigenvalue weighted by atomic mass is 10.1. The molecular weight excluding hydrogens is 190 g/mol. The summed E-state index contributed by atoms with van der Waals surface area (Å²) in [7, 11) is 0. The van der Waals surface area contributed by atoms with Gasteiger partial charge in [-0.2, -0.15) is 0 Å². The lowest BCUT2D eigenvalue weighted by Crippen LogP contribution is -1.87.